The Hall–Kier alpha value is -1.77. The van der Waals surface area contributed by atoms with Crippen LogP contribution in [0.5, 0.6) is 0 Å². The number of thiazole rings is 1. The van der Waals surface area contributed by atoms with Gasteiger partial charge in [-0.25, -0.2) is 13.4 Å². The summed E-state index contributed by atoms with van der Waals surface area (Å²) >= 11 is 1.67. The lowest BCUT2D eigenvalue weighted by molar-refractivity contribution is 0.0953. The average molecular weight is 450 g/mol. The molecule has 2 aromatic rings. The Morgan fingerprint density at radius 3 is 2.70 bits per heavy atom. The molecule has 1 N–H and O–H groups in total. The minimum atomic E-state index is -3.60. The van der Waals surface area contributed by atoms with Crippen LogP contribution in [0.15, 0.2) is 34.5 Å². The first kappa shape index (κ1) is 22.9. The monoisotopic (exact) mass is 449 g/mol. The van der Waals surface area contributed by atoms with E-state index in [0.717, 1.165) is 55.6 Å². The highest BCUT2D eigenvalue weighted by Crippen LogP contribution is 2.26. The van der Waals surface area contributed by atoms with Crippen molar-refractivity contribution < 1.29 is 13.2 Å². The van der Waals surface area contributed by atoms with E-state index >= 15 is 0 Å². The predicted molar refractivity (Wildman–Crippen MR) is 120 cm³/mol. The number of aryl methyl sites for hydroxylation is 2. The van der Waals surface area contributed by atoms with Crippen molar-refractivity contribution in [2.45, 2.75) is 69.2 Å². The first-order valence-corrected chi connectivity index (χ1v) is 13.0. The second kappa shape index (κ2) is 10.5. The van der Waals surface area contributed by atoms with Crippen molar-refractivity contribution in [3.8, 4) is 0 Å². The summed E-state index contributed by atoms with van der Waals surface area (Å²) in [5, 5.41) is 6.07. The van der Waals surface area contributed by atoms with Gasteiger partial charge in [0.05, 0.1) is 9.90 Å². The molecule has 6 nitrogen and oxygen atoms in total. The second-order valence-electron chi connectivity index (χ2n) is 7.94. The van der Waals surface area contributed by atoms with Gasteiger partial charge in [-0.15, -0.1) is 11.3 Å². The summed E-state index contributed by atoms with van der Waals surface area (Å²) in [6.07, 6.45) is 7.82. The minimum Gasteiger partial charge on any atom is -0.352 e. The number of hydrogen-bond donors (Lipinski definition) is 1. The van der Waals surface area contributed by atoms with Crippen LogP contribution in [0.25, 0.3) is 0 Å². The van der Waals surface area contributed by atoms with Gasteiger partial charge in [0.15, 0.2) is 0 Å². The lowest BCUT2D eigenvalue weighted by Gasteiger charge is -2.30. The van der Waals surface area contributed by atoms with Crippen LogP contribution in [0, 0.1) is 6.92 Å². The SMILES string of the molecule is Cc1csc(CCCCNC(=O)c2cccc(S(=O)(=O)N(C)C3CCCCC3)c2)n1. The van der Waals surface area contributed by atoms with E-state index in [-0.39, 0.29) is 16.8 Å². The van der Waals surface area contributed by atoms with Crippen molar-refractivity contribution in [1.29, 1.82) is 0 Å². The van der Waals surface area contributed by atoms with Crippen LogP contribution in [0.3, 0.4) is 0 Å². The van der Waals surface area contributed by atoms with E-state index < -0.39 is 10.0 Å². The molecule has 1 aromatic carbocycles. The van der Waals surface area contributed by atoms with E-state index in [0.29, 0.717) is 12.1 Å². The number of sulfonamides is 1. The number of amides is 1. The predicted octanol–water partition coefficient (Wildman–Crippen LogP) is 4.16. The van der Waals surface area contributed by atoms with Gasteiger partial charge in [-0.05, 0) is 57.2 Å². The van der Waals surface area contributed by atoms with Crippen LogP contribution < -0.4 is 5.32 Å². The summed E-state index contributed by atoms with van der Waals surface area (Å²) in [7, 11) is -1.95. The number of carbonyl (C=O) groups excluding carboxylic acids is 1. The molecule has 30 heavy (non-hydrogen) atoms. The normalized spacial score (nSPS) is 15.4. The third-order valence-corrected chi connectivity index (χ3v) is 8.56. The molecule has 1 fully saturated rings. The first-order chi connectivity index (χ1) is 14.4. The number of benzene rings is 1. The fourth-order valence-electron chi connectivity index (χ4n) is 3.83. The zero-order valence-corrected chi connectivity index (χ0v) is 19.4. The quantitative estimate of drug-likeness (QED) is 0.583. The van der Waals surface area contributed by atoms with Gasteiger partial charge in [0, 0.05) is 36.3 Å². The number of unbranched alkanes of at least 4 members (excludes halogenated alkanes) is 1. The second-order valence-corrected chi connectivity index (χ2v) is 10.9. The molecule has 1 amide bonds. The summed E-state index contributed by atoms with van der Waals surface area (Å²) in [5.41, 5.74) is 1.43. The zero-order chi connectivity index (χ0) is 21.6. The third kappa shape index (κ3) is 5.89. The third-order valence-electron chi connectivity index (χ3n) is 5.63. The molecule has 0 unspecified atom stereocenters. The Labute approximate surface area is 183 Å². The molecule has 0 spiro atoms. The van der Waals surface area contributed by atoms with E-state index in [1.807, 2.05) is 12.3 Å². The van der Waals surface area contributed by atoms with E-state index in [9.17, 15) is 13.2 Å². The molecule has 0 saturated heterocycles. The fraction of sp³-hybridized carbons (Fsp3) is 0.545. The molecule has 0 aliphatic heterocycles. The molecule has 1 heterocycles. The van der Waals surface area contributed by atoms with Crippen LogP contribution in [-0.4, -0.2) is 43.2 Å². The maximum absolute atomic E-state index is 13.0. The lowest BCUT2D eigenvalue weighted by Crippen LogP contribution is -2.38. The van der Waals surface area contributed by atoms with Crippen molar-refractivity contribution in [2.75, 3.05) is 13.6 Å². The first-order valence-electron chi connectivity index (χ1n) is 10.7. The highest BCUT2D eigenvalue weighted by molar-refractivity contribution is 7.89. The number of rotatable bonds is 9. The largest absolute Gasteiger partial charge is 0.352 e. The van der Waals surface area contributed by atoms with Crippen LogP contribution in [0.2, 0.25) is 0 Å². The Morgan fingerprint density at radius 1 is 1.23 bits per heavy atom. The van der Waals surface area contributed by atoms with Crippen molar-refractivity contribution in [3.05, 3.63) is 45.9 Å². The molecule has 8 heteroatoms. The standard InChI is InChI=1S/C22H31N3O3S2/c1-17-16-29-21(24-17)13-6-7-14-23-22(26)18-9-8-12-20(15-18)30(27,28)25(2)19-10-4-3-5-11-19/h8-9,12,15-16,19H,3-7,10-11,13-14H2,1-2H3,(H,23,26). The van der Waals surface area contributed by atoms with E-state index in [4.69, 9.17) is 0 Å². The van der Waals surface area contributed by atoms with Gasteiger partial charge in [0.25, 0.3) is 5.91 Å². The van der Waals surface area contributed by atoms with Crippen molar-refractivity contribution in [1.82, 2.24) is 14.6 Å². The van der Waals surface area contributed by atoms with Crippen LogP contribution in [0.4, 0.5) is 0 Å². The molecule has 1 aromatic heterocycles. The Bertz CT molecular complexity index is 950. The average Bonchev–Trinajstić information content (AvgIpc) is 3.18. The Balaban J connectivity index is 1.53. The van der Waals surface area contributed by atoms with Gasteiger partial charge in [-0.2, -0.15) is 4.31 Å². The fourth-order valence-corrected chi connectivity index (χ4v) is 6.11. The highest BCUT2D eigenvalue weighted by Gasteiger charge is 2.29. The number of hydrogen-bond acceptors (Lipinski definition) is 5. The molecule has 0 radical (unpaired) electrons. The van der Waals surface area contributed by atoms with Crippen molar-refractivity contribution in [3.63, 3.8) is 0 Å². The maximum atomic E-state index is 13.0. The van der Waals surface area contributed by atoms with Crippen LogP contribution >= 0.6 is 11.3 Å². The molecule has 1 saturated carbocycles. The van der Waals surface area contributed by atoms with Gasteiger partial charge in [-0.3, -0.25) is 4.79 Å². The Morgan fingerprint density at radius 2 is 2.00 bits per heavy atom. The molecule has 0 bridgehead atoms. The summed E-state index contributed by atoms with van der Waals surface area (Å²) in [6.45, 7) is 2.55. The summed E-state index contributed by atoms with van der Waals surface area (Å²) in [4.78, 5) is 17.1. The molecule has 1 aliphatic rings. The van der Waals surface area contributed by atoms with Gasteiger partial charge in [0.2, 0.25) is 10.0 Å². The molecule has 164 valence electrons. The maximum Gasteiger partial charge on any atom is 0.251 e. The summed E-state index contributed by atoms with van der Waals surface area (Å²) < 4.78 is 27.6. The van der Waals surface area contributed by atoms with Crippen LogP contribution in [0.1, 0.15) is 66.0 Å². The van der Waals surface area contributed by atoms with E-state index in [1.54, 1.807) is 36.6 Å². The number of nitrogens with zero attached hydrogens (tertiary/aromatic N) is 2. The van der Waals surface area contributed by atoms with Gasteiger partial charge in [0.1, 0.15) is 0 Å². The molecule has 3 rings (SSSR count). The molecular weight excluding hydrogens is 418 g/mol. The van der Waals surface area contributed by atoms with E-state index in [1.165, 1.54) is 16.8 Å². The highest BCUT2D eigenvalue weighted by atomic mass is 32.2. The molecule has 0 atom stereocenters. The summed E-state index contributed by atoms with van der Waals surface area (Å²) in [6, 6.07) is 6.40. The Kier molecular flexibility index (Phi) is 8.02. The zero-order valence-electron chi connectivity index (χ0n) is 17.8. The number of nitrogens with one attached hydrogen (secondary N) is 1. The van der Waals surface area contributed by atoms with Crippen molar-refractivity contribution in [2.24, 2.45) is 0 Å². The molecular formula is C22H31N3O3S2. The van der Waals surface area contributed by atoms with Gasteiger partial charge < -0.3 is 5.32 Å². The topological polar surface area (TPSA) is 79.4 Å². The van der Waals surface area contributed by atoms with Gasteiger partial charge in [-0.1, -0.05) is 25.3 Å². The summed E-state index contributed by atoms with van der Waals surface area (Å²) in [5.74, 6) is -0.238. The van der Waals surface area contributed by atoms with Gasteiger partial charge >= 0.3 is 0 Å². The number of carbonyl (C=O) groups is 1. The number of aromatic nitrogens is 1. The lowest BCUT2D eigenvalue weighted by atomic mass is 9.96. The molecule has 1 aliphatic carbocycles. The smallest absolute Gasteiger partial charge is 0.251 e. The minimum absolute atomic E-state index is 0.0443. The van der Waals surface area contributed by atoms with Crippen molar-refractivity contribution >= 4 is 27.3 Å². The van der Waals surface area contributed by atoms with Crippen LogP contribution in [-0.2, 0) is 16.4 Å². The van der Waals surface area contributed by atoms with E-state index in [2.05, 4.69) is 10.3 Å².